The molecule has 122 valence electrons. The quantitative estimate of drug-likeness (QED) is 0.666. The molecule has 0 bridgehead atoms. The second kappa shape index (κ2) is 8.31. The molecule has 0 saturated heterocycles. The zero-order chi connectivity index (χ0) is 16.6. The van der Waals surface area contributed by atoms with E-state index in [1.165, 1.54) is 4.90 Å². The highest BCUT2D eigenvalue weighted by Gasteiger charge is 2.10. The summed E-state index contributed by atoms with van der Waals surface area (Å²) in [6.45, 7) is 0. The van der Waals surface area contributed by atoms with Gasteiger partial charge in [0, 0.05) is 17.1 Å². The highest BCUT2D eigenvalue weighted by Crippen LogP contribution is 2.18. The summed E-state index contributed by atoms with van der Waals surface area (Å²) in [7, 11) is 0. The van der Waals surface area contributed by atoms with Crippen LogP contribution in [-0.4, -0.2) is 21.9 Å². The fraction of sp³-hybridized carbons (Fsp3) is 0.167. The fourth-order valence-corrected chi connectivity index (χ4v) is 2.98. The first-order chi connectivity index (χ1) is 11.8. The molecule has 3 aromatic rings. The van der Waals surface area contributed by atoms with Gasteiger partial charge >= 0.3 is 6.01 Å². The number of aromatic nitrogens is 2. The number of nitrogens with zero attached hydrogens (tertiary/aromatic N) is 2. The minimum atomic E-state index is -0.171. The lowest BCUT2D eigenvalue weighted by atomic mass is 10.1. The van der Waals surface area contributed by atoms with E-state index in [0.717, 1.165) is 11.3 Å². The molecule has 1 aromatic heterocycles. The summed E-state index contributed by atoms with van der Waals surface area (Å²) in [4.78, 5) is 13.1. The molecular formula is C18H17N3O2S. The van der Waals surface area contributed by atoms with Crippen LogP contribution in [0.4, 0.5) is 6.01 Å². The first kappa shape index (κ1) is 16.3. The van der Waals surface area contributed by atoms with Gasteiger partial charge in [0.05, 0.1) is 6.42 Å². The van der Waals surface area contributed by atoms with Crippen LogP contribution < -0.4 is 5.32 Å². The molecule has 0 atom stereocenters. The van der Waals surface area contributed by atoms with Crippen molar-refractivity contribution in [2.45, 2.75) is 17.7 Å². The molecule has 0 aliphatic rings. The van der Waals surface area contributed by atoms with Gasteiger partial charge in [-0.25, -0.2) is 0 Å². The van der Waals surface area contributed by atoms with Crippen LogP contribution >= 0.6 is 11.8 Å². The first-order valence-corrected chi connectivity index (χ1v) is 8.62. The Kier molecular flexibility index (Phi) is 5.63. The Morgan fingerprint density at radius 1 is 1.00 bits per heavy atom. The summed E-state index contributed by atoms with van der Waals surface area (Å²) >= 11 is 1.73. The van der Waals surface area contributed by atoms with Crippen LogP contribution in [-0.2, 0) is 17.6 Å². The average Bonchev–Trinajstić information content (AvgIpc) is 3.04. The molecule has 2 aromatic carbocycles. The van der Waals surface area contributed by atoms with Crippen LogP contribution in [0, 0.1) is 0 Å². The summed E-state index contributed by atoms with van der Waals surface area (Å²) in [6.07, 6.45) is 0.934. The topological polar surface area (TPSA) is 68.0 Å². The third kappa shape index (κ3) is 4.96. The van der Waals surface area contributed by atoms with Crippen molar-refractivity contribution in [3.8, 4) is 0 Å². The molecule has 3 rings (SSSR count). The predicted octanol–water partition coefficient (Wildman–Crippen LogP) is 3.59. The van der Waals surface area contributed by atoms with Crippen LogP contribution in [0.3, 0.4) is 0 Å². The van der Waals surface area contributed by atoms with Crippen LogP contribution in [0.25, 0.3) is 0 Å². The summed E-state index contributed by atoms with van der Waals surface area (Å²) in [6, 6.07) is 19.8. The minimum Gasteiger partial charge on any atom is -0.408 e. The molecule has 0 fully saturated rings. The SMILES string of the molecule is O=C(Cc1ccccc1)Nc1nnc(CCSc2ccccc2)o1. The van der Waals surface area contributed by atoms with Crippen LogP contribution in [0.2, 0.25) is 0 Å². The Hall–Kier alpha value is -2.60. The molecule has 0 saturated carbocycles. The van der Waals surface area contributed by atoms with Crippen LogP contribution in [0.1, 0.15) is 11.5 Å². The van der Waals surface area contributed by atoms with Gasteiger partial charge in [0.25, 0.3) is 0 Å². The molecule has 0 unspecified atom stereocenters. The lowest BCUT2D eigenvalue weighted by Gasteiger charge is -2.00. The lowest BCUT2D eigenvalue weighted by molar-refractivity contribution is -0.115. The van der Waals surface area contributed by atoms with E-state index < -0.39 is 0 Å². The van der Waals surface area contributed by atoms with E-state index in [2.05, 4.69) is 27.6 Å². The van der Waals surface area contributed by atoms with Crippen molar-refractivity contribution in [1.29, 1.82) is 0 Å². The van der Waals surface area contributed by atoms with E-state index >= 15 is 0 Å². The molecule has 0 radical (unpaired) electrons. The average molecular weight is 339 g/mol. The highest BCUT2D eigenvalue weighted by molar-refractivity contribution is 7.99. The van der Waals surface area contributed by atoms with Gasteiger partial charge in [0.1, 0.15) is 0 Å². The first-order valence-electron chi connectivity index (χ1n) is 7.63. The van der Waals surface area contributed by atoms with Crippen molar-refractivity contribution < 1.29 is 9.21 Å². The third-order valence-corrected chi connectivity index (χ3v) is 4.26. The Morgan fingerprint density at radius 2 is 1.71 bits per heavy atom. The second-order valence-corrected chi connectivity index (χ2v) is 6.29. The third-order valence-electron chi connectivity index (χ3n) is 3.25. The standard InChI is InChI=1S/C18H17N3O2S/c22-16(13-14-7-3-1-4-8-14)19-18-21-20-17(23-18)11-12-24-15-9-5-2-6-10-15/h1-10H,11-13H2,(H,19,21,22). The molecule has 0 spiro atoms. The number of anilines is 1. The molecule has 5 nitrogen and oxygen atoms in total. The molecule has 6 heteroatoms. The van der Waals surface area contributed by atoms with Gasteiger partial charge in [-0.2, -0.15) is 0 Å². The van der Waals surface area contributed by atoms with Gasteiger partial charge in [-0.1, -0.05) is 53.6 Å². The Morgan fingerprint density at radius 3 is 2.46 bits per heavy atom. The number of rotatable bonds is 7. The van der Waals surface area contributed by atoms with Gasteiger partial charge in [0.2, 0.25) is 11.8 Å². The molecule has 1 heterocycles. The molecule has 0 aliphatic carbocycles. The summed E-state index contributed by atoms with van der Waals surface area (Å²) in [5.74, 6) is 1.19. The number of carbonyl (C=O) groups is 1. The number of carbonyl (C=O) groups excluding carboxylic acids is 1. The highest BCUT2D eigenvalue weighted by atomic mass is 32.2. The number of hydrogen-bond donors (Lipinski definition) is 1. The van der Waals surface area contributed by atoms with Gasteiger partial charge in [-0.3, -0.25) is 10.1 Å². The van der Waals surface area contributed by atoms with Gasteiger partial charge in [-0.05, 0) is 17.7 Å². The van der Waals surface area contributed by atoms with E-state index in [9.17, 15) is 4.79 Å². The molecular weight excluding hydrogens is 322 g/mol. The normalized spacial score (nSPS) is 10.5. The number of nitrogens with one attached hydrogen (secondary N) is 1. The summed E-state index contributed by atoms with van der Waals surface area (Å²) < 4.78 is 5.46. The van der Waals surface area contributed by atoms with Crippen molar-refractivity contribution in [3.63, 3.8) is 0 Å². The monoisotopic (exact) mass is 339 g/mol. The zero-order valence-corrected chi connectivity index (χ0v) is 13.8. The number of amides is 1. The van der Waals surface area contributed by atoms with Crippen molar-refractivity contribution in [3.05, 3.63) is 72.1 Å². The summed E-state index contributed by atoms with van der Waals surface area (Å²) in [5, 5.41) is 10.5. The van der Waals surface area contributed by atoms with Gasteiger partial charge in [-0.15, -0.1) is 16.9 Å². The minimum absolute atomic E-state index is 0.149. The maximum absolute atomic E-state index is 11.9. The van der Waals surface area contributed by atoms with Crippen LogP contribution in [0.15, 0.2) is 70.0 Å². The maximum Gasteiger partial charge on any atom is 0.322 e. The fourth-order valence-electron chi connectivity index (χ4n) is 2.12. The van der Waals surface area contributed by atoms with Crippen molar-refractivity contribution in [1.82, 2.24) is 10.2 Å². The molecule has 24 heavy (non-hydrogen) atoms. The van der Waals surface area contributed by atoms with E-state index in [-0.39, 0.29) is 18.3 Å². The van der Waals surface area contributed by atoms with Gasteiger partial charge < -0.3 is 4.42 Å². The number of thioether (sulfide) groups is 1. The maximum atomic E-state index is 11.9. The lowest BCUT2D eigenvalue weighted by Crippen LogP contribution is -2.14. The number of aryl methyl sites for hydroxylation is 1. The largest absolute Gasteiger partial charge is 0.408 e. The second-order valence-electron chi connectivity index (χ2n) is 5.12. The molecule has 0 aliphatic heterocycles. The zero-order valence-electron chi connectivity index (χ0n) is 13.0. The van der Waals surface area contributed by atoms with Crippen molar-refractivity contribution in [2.75, 3.05) is 11.1 Å². The van der Waals surface area contributed by atoms with E-state index in [4.69, 9.17) is 4.42 Å². The summed E-state index contributed by atoms with van der Waals surface area (Å²) in [5.41, 5.74) is 0.939. The Balaban J connectivity index is 1.46. The molecule has 1 amide bonds. The smallest absolute Gasteiger partial charge is 0.322 e. The van der Waals surface area contributed by atoms with E-state index in [0.29, 0.717) is 12.3 Å². The van der Waals surface area contributed by atoms with Crippen molar-refractivity contribution in [2.24, 2.45) is 0 Å². The number of benzene rings is 2. The Bertz CT molecular complexity index is 775. The van der Waals surface area contributed by atoms with E-state index in [1.807, 2.05) is 48.5 Å². The van der Waals surface area contributed by atoms with Gasteiger partial charge in [0.15, 0.2) is 0 Å². The predicted molar refractivity (Wildman–Crippen MR) is 93.9 cm³/mol. The van der Waals surface area contributed by atoms with E-state index in [1.54, 1.807) is 11.8 Å². The Labute approximate surface area is 144 Å². The molecule has 1 N–H and O–H groups in total. The van der Waals surface area contributed by atoms with Crippen LogP contribution in [0.5, 0.6) is 0 Å². The van der Waals surface area contributed by atoms with Crippen molar-refractivity contribution >= 4 is 23.7 Å². The number of hydrogen-bond acceptors (Lipinski definition) is 5.